The second-order valence-corrected chi connectivity index (χ2v) is 3.30. The standard InChI is InChI=1S/C11H17N3/c1-12-8-4-5-10-6-7-11(13-9-10)14(2)3/h4-7,9,12H,8H2,1-3H3. The van der Waals surface area contributed by atoms with E-state index in [1.807, 2.05) is 38.3 Å². The molecule has 1 heterocycles. The number of rotatable bonds is 4. The maximum absolute atomic E-state index is 4.31. The van der Waals surface area contributed by atoms with Crippen LogP contribution in [0.3, 0.4) is 0 Å². The number of hydrogen-bond acceptors (Lipinski definition) is 3. The second-order valence-electron chi connectivity index (χ2n) is 3.30. The topological polar surface area (TPSA) is 28.2 Å². The minimum Gasteiger partial charge on any atom is -0.363 e. The van der Waals surface area contributed by atoms with Crippen LogP contribution in [-0.4, -0.2) is 32.7 Å². The van der Waals surface area contributed by atoms with Crippen LogP contribution >= 0.6 is 0 Å². The van der Waals surface area contributed by atoms with Gasteiger partial charge in [-0.3, -0.25) is 0 Å². The van der Waals surface area contributed by atoms with Crippen LogP contribution in [0.1, 0.15) is 5.56 Å². The molecule has 0 radical (unpaired) electrons. The van der Waals surface area contributed by atoms with Crippen LogP contribution in [0.5, 0.6) is 0 Å². The molecule has 0 spiro atoms. The Labute approximate surface area is 85.5 Å². The van der Waals surface area contributed by atoms with Gasteiger partial charge in [0, 0.05) is 26.8 Å². The van der Waals surface area contributed by atoms with Crippen LogP contribution < -0.4 is 10.2 Å². The predicted octanol–water partition coefficient (Wildman–Crippen LogP) is 1.38. The first-order valence-electron chi connectivity index (χ1n) is 4.68. The Morgan fingerprint density at radius 1 is 1.43 bits per heavy atom. The molecule has 0 fully saturated rings. The number of nitrogens with one attached hydrogen (secondary N) is 1. The van der Waals surface area contributed by atoms with E-state index in [2.05, 4.69) is 28.5 Å². The van der Waals surface area contributed by atoms with Crippen LogP contribution in [0.2, 0.25) is 0 Å². The molecule has 0 aliphatic heterocycles. The van der Waals surface area contributed by atoms with Crippen molar-refractivity contribution < 1.29 is 0 Å². The van der Waals surface area contributed by atoms with Crippen molar-refractivity contribution in [1.82, 2.24) is 10.3 Å². The van der Waals surface area contributed by atoms with Gasteiger partial charge in [0.15, 0.2) is 0 Å². The Balaban J connectivity index is 2.64. The van der Waals surface area contributed by atoms with Crippen molar-refractivity contribution >= 4 is 11.9 Å². The maximum atomic E-state index is 4.31. The van der Waals surface area contributed by atoms with Gasteiger partial charge in [0.05, 0.1) is 0 Å². The first kappa shape index (κ1) is 10.7. The summed E-state index contributed by atoms with van der Waals surface area (Å²) in [6.07, 6.45) is 6.01. The van der Waals surface area contributed by atoms with Gasteiger partial charge >= 0.3 is 0 Å². The molecule has 0 aliphatic rings. The highest BCUT2D eigenvalue weighted by Crippen LogP contribution is 2.08. The third-order valence-corrected chi connectivity index (χ3v) is 1.86. The minimum atomic E-state index is 0.884. The van der Waals surface area contributed by atoms with E-state index in [1.165, 1.54) is 0 Å². The molecule has 0 amide bonds. The van der Waals surface area contributed by atoms with Gasteiger partial charge in [-0.1, -0.05) is 12.2 Å². The van der Waals surface area contributed by atoms with Gasteiger partial charge < -0.3 is 10.2 Å². The molecule has 3 heteroatoms. The van der Waals surface area contributed by atoms with Crippen LogP contribution in [0, 0.1) is 0 Å². The number of nitrogens with zero attached hydrogens (tertiary/aromatic N) is 2. The zero-order valence-electron chi connectivity index (χ0n) is 8.99. The van der Waals surface area contributed by atoms with Crippen LogP contribution in [0.25, 0.3) is 6.08 Å². The largest absolute Gasteiger partial charge is 0.363 e. The summed E-state index contributed by atoms with van der Waals surface area (Å²) in [4.78, 5) is 6.30. The average Bonchev–Trinajstić information content (AvgIpc) is 2.19. The van der Waals surface area contributed by atoms with Crippen LogP contribution in [-0.2, 0) is 0 Å². The fourth-order valence-electron chi connectivity index (χ4n) is 1.07. The summed E-state index contributed by atoms with van der Waals surface area (Å²) in [5, 5.41) is 3.05. The monoisotopic (exact) mass is 191 g/mol. The zero-order chi connectivity index (χ0) is 10.4. The first-order valence-corrected chi connectivity index (χ1v) is 4.68. The molecule has 0 aromatic carbocycles. The number of pyridine rings is 1. The molecule has 1 aromatic rings. The van der Waals surface area contributed by atoms with Crippen molar-refractivity contribution in [3.63, 3.8) is 0 Å². The molecule has 0 bridgehead atoms. The van der Waals surface area contributed by atoms with Crippen molar-refractivity contribution in [2.75, 3.05) is 32.6 Å². The number of hydrogen-bond donors (Lipinski definition) is 1. The second kappa shape index (κ2) is 5.40. The van der Waals surface area contributed by atoms with Gasteiger partial charge in [-0.05, 0) is 24.7 Å². The van der Waals surface area contributed by atoms with Crippen molar-refractivity contribution in [2.24, 2.45) is 0 Å². The molecule has 1 aromatic heterocycles. The Bertz CT molecular complexity index is 288. The van der Waals surface area contributed by atoms with Gasteiger partial charge in [0.1, 0.15) is 5.82 Å². The summed E-state index contributed by atoms with van der Waals surface area (Å²) in [5.74, 6) is 0.982. The smallest absolute Gasteiger partial charge is 0.127 e. The Morgan fingerprint density at radius 3 is 2.71 bits per heavy atom. The molecule has 76 valence electrons. The van der Waals surface area contributed by atoms with Crippen molar-refractivity contribution in [3.8, 4) is 0 Å². The molecule has 0 aliphatic carbocycles. The van der Waals surface area contributed by atoms with E-state index in [0.717, 1.165) is 17.9 Å². The summed E-state index contributed by atoms with van der Waals surface area (Å²) < 4.78 is 0. The highest BCUT2D eigenvalue weighted by Gasteiger charge is 1.94. The molecular formula is C11H17N3. The van der Waals surface area contributed by atoms with Crippen LogP contribution in [0.15, 0.2) is 24.4 Å². The van der Waals surface area contributed by atoms with Gasteiger partial charge in [-0.2, -0.15) is 0 Å². The predicted molar refractivity (Wildman–Crippen MR) is 61.5 cm³/mol. The third-order valence-electron chi connectivity index (χ3n) is 1.86. The fourth-order valence-corrected chi connectivity index (χ4v) is 1.07. The Hall–Kier alpha value is -1.35. The van der Waals surface area contributed by atoms with Crippen molar-refractivity contribution in [3.05, 3.63) is 30.0 Å². The van der Waals surface area contributed by atoms with Crippen molar-refractivity contribution in [1.29, 1.82) is 0 Å². The normalized spacial score (nSPS) is 10.8. The number of likely N-dealkylation sites (N-methyl/N-ethyl adjacent to an activating group) is 1. The Morgan fingerprint density at radius 2 is 2.21 bits per heavy atom. The molecule has 0 atom stereocenters. The number of anilines is 1. The molecule has 3 nitrogen and oxygen atoms in total. The summed E-state index contributed by atoms with van der Waals surface area (Å²) in [5.41, 5.74) is 1.13. The molecule has 0 saturated carbocycles. The summed E-state index contributed by atoms with van der Waals surface area (Å²) in [6.45, 7) is 0.884. The van der Waals surface area contributed by atoms with E-state index >= 15 is 0 Å². The Kier molecular flexibility index (Phi) is 4.13. The number of aromatic nitrogens is 1. The van der Waals surface area contributed by atoms with E-state index in [-0.39, 0.29) is 0 Å². The molecule has 0 saturated heterocycles. The third kappa shape index (κ3) is 3.18. The van der Waals surface area contributed by atoms with Crippen molar-refractivity contribution in [2.45, 2.75) is 0 Å². The lowest BCUT2D eigenvalue weighted by Crippen LogP contribution is -2.10. The fraction of sp³-hybridized carbons (Fsp3) is 0.364. The molecule has 0 unspecified atom stereocenters. The molecule has 1 N–H and O–H groups in total. The summed E-state index contributed by atoms with van der Waals surface area (Å²) in [6, 6.07) is 4.08. The molecular weight excluding hydrogens is 174 g/mol. The van der Waals surface area contributed by atoms with Gasteiger partial charge in [0.2, 0.25) is 0 Å². The average molecular weight is 191 g/mol. The lowest BCUT2D eigenvalue weighted by atomic mass is 10.2. The molecule has 14 heavy (non-hydrogen) atoms. The van der Waals surface area contributed by atoms with E-state index in [4.69, 9.17) is 0 Å². The highest BCUT2D eigenvalue weighted by molar-refractivity contribution is 5.51. The van der Waals surface area contributed by atoms with E-state index in [1.54, 1.807) is 0 Å². The lowest BCUT2D eigenvalue weighted by molar-refractivity contribution is 0.922. The highest BCUT2D eigenvalue weighted by atomic mass is 15.1. The van der Waals surface area contributed by atoms with E-state index < -0.39 is 0 Å². The van der Waals surface area contributed by atoms with Gasteiger partial charge in [-0.25, -0.2) is 4.98 Å². The van der Waals surface area contributed by atoms with E-state index in [9.17, 15) is 0 Å². The zero-order valence-corrected chi connectivity index (χ0v) is 8.99. The lowest BCUT2D eigenvalue weighted by Gasteiger charge is -2.10. The van der Waals surface area contributed by atoms with E-state index in [0.29, 0.717) is 0 Å². The quantitative estimate of drug-likeness (QED) is 0.779. The summed E-state index contributed by atoms with van der Waals surface area (Å²) >= 11 is 0. The minimum absolute atomic E-state index is 0.884. The van der Waals surface area contributed by atoms with Gasteiger partial charge in [-0.15, -0.1) is 0 Å². The summed E-state index contributed by atoms with van der Waals surface area (Å²) in [7, 11) is 5.90. The first-order chi connectivity index (χ1) is 6.74. The van der Waals surface area contributed by atoms with Crippen LogP contribution in [0.4, 0.5) is 5.82 Å². The molecule has 1 rings (SSSR count). The van der Waals surface area contributed by atoms with Gasteiger partial charge in [0.25, 0.3) is 0 Å². The SMILES string of the molecule is CNCC=Cc1ccc(N(C)C)nc1. The maximum Gasteiger partial charge on any atom is 0.127 e.